The van der Waals surface area contributed by atoms with Gasteiger partial charge in [-0.3, -0.25) is 4.79 Å². The molecule has 0 bridgehead atoms. The molecule has 0 aliphatic rings. The number of hydrogen-bond acceptors (Lipinski definition) is 5. The number of nitrogens with zero attached hydrogens (tertiary/aromatic N) is 3. The number of aromatic nitrogens is 3. The topological polar surface area (TPSA) is 74.1 Å². The van der Waals surface area contributed by atoms with Crippen molar-refractivity contribution in [2.75, 3.05) is 6.61 Å². The Labute approximate surface area is 126 Å². The van der Waals surface area contributed by atoms with Crippen LogP contribution in [-0.4, -0.2) is 27.6 Å². The predicted molar refractivity (Wildman–Crippen MR) is 81.1 cm³/mol. The Hall–Kier alpha value is -3.02. The van der Waals surface area contributed by atoms with Crippen molar-refractivity contribution in [2.45, 2.75) is 6.92 Å². The monoisotopic (exact) mass is 295 g/mol. The van der Waals surface area contributed by atoms with Crippen molar-refractivity contribution in [2.24, 2.45) is 0 Å². The maximum atomic E-state index is 12.5. The fourth-order valence-electron chi connectivity index (χ4n) is 2.12. The molecule has 0 amide bonds. The van der Waals surface area contributed by atoms with E-state index in [-0.39, 0.29) is 12.2 Å². The number of fused-ring (bicyclic) bond motifs is 1. The zero-order valence-corrected chi connectivity index (χ0v) is 11.9. The van der Waals surface area contributed by atoms with Gasteiger partial charge in [-0.25, -0.2) is 4.79 Å². The zero-order chi connectivity index (χ0) is 15.5. The minimum atomic E-state index is -0.446. The van der Waals surface area contributed by atoms with E-state index in [1.807, 2.05) is 18.2 Å². The molecule has 0 saturated carbocycles. The van der Waals surface area contributed by atoms with Gasteiger partial charge in [-0.15, -0.1) is 5.10 Å². The molecule has 22 heavy (non-hydrogen) atoms. The third-order valence-corrected chi connectivity index (χ3v) is 3.17. The van der Waals surface area contributed by atoms with E-state index in [1.54, 1.807) is 31.2 Å². The van der Waals surface area contributed by atoms with Gasteiger partial charge in [-0.1, -0.05) is 23.4 Å². The summed E-state index contributed by atoms with van der Waals surface area (Å²) in [4.78, 5) is 24.2. The molecule has 0 spiro atoms. The molecule has 2 aromatic carbocycles. The smallest absolute Gasteiger partial charge is 0.338 e. The Morgan fingerprint density at radius 2 is 1.95 bits per heavy atom. The van der Waals surface area contributed by atoms with Crippen LogP contribution >= 0.6 is 0 Å². The first kappa shape index (κ1) is 13.9. The van der Waals surface area contributed by atoms with E-state index >= 15 is 0 Å². The first-order valence-corrected chi connectivity index (χ1v) is 6.83. The Morgan fingerprint density at radius 1 is 1.18 bits per heavy atom. The van der Waals surface area contributed by atoms with E-state index in [1.165, 1.54) is 10.7 Å². The quantitative estimate of drug-likeness (QED) is 0.690. The Morgan fingerprint density at radius 3 is 2.68 bits per heavy atom. The second-order valence-electron chi connectivity index (χ2n) is 4.59. The second-order valence-corrected chi connectivity index (χ2v) is 4.59. The van der Waals surface area contributed by atoms with Crippen LogP contribution in [0.2, 0.25) is 0 Å². The van der Waals surface area contributed by atoms with Crippen LogP contribution in [0.4, 0.5) is 0 Å². The summed E-state index contributed by atoms with van der Waals surface area (Å²) in [5, 5.41) is 8.35. The van der Waals surface area contributed by atoms with Crippen molar-refractivity contribution < 1.29 is 9.53 Å². The summed E-state index contributed by atoms with van der Waals surface area (Å²) in [5.41, 5.74) is 1.06. The van der Waals surface area contributed by atoms with Gasteiger partial charge in [-0.2, -0.15) is 4.68 Å². The van der Waals surface area contributed by atoms with E-state index in [0.717, 1.165) is 0 Å². The second kappa shape index (κ2) is 5.77. The SMILES string of the molecule is CCOC(=O)c1ccc2c(=O)n(-c3ccccc3)nnc2c1. The molecule has 6 heteroatoms. The van der Waals surface area contributed by atoms with Crippen molar-refractivity contribution in [1.29, 1.82) is 0 Å². The highest BCUT2D eigenvalue weighted by Crippen LogP contribution is 2.12. The third-order valence-electron chi connectivity index (χ3n) is 3.17. The lowest BCUT2D eigenvalue weighted by Gasteiger charge is -2.06. The number of esters is 1. The molecule has 1 aromatic heterocycles. The third kappa shape index (κ3) is 2.46. The Balaban J connectivity index is 2.12. The first-order chi connectivity index (χ1) is 10.7. The summed E-state index contributed by atoms with van der Waals surface area (Å²) >= 11 is 0. The molecule has 3 rings (SSSR count). The van der Waals surface area contributed by atoms with E-state index in [9.17, 15) is 9.59 Å². The van der Waals surface area contributed by atoms with Gasteiger partial charge >= 0.3 is 5.97 Å². The summed E-state index contributed by atoms with van der Waals surface area (Å²) in [5.74, 6) is -0.446. The highest BCUT2D eigenvalue weighted by atomic mass is 16.5. The minimum Gasteiger partial charge on any atom is -0.462 e. The Kier molecular flexibility index (Phi) is 3.65. The maximum Gasteiger partial charge on any atom is 0.338 e. The number of hydrogen-bond donors (Lipinski definition) is 0. The van der Waals surface area contributed by atoms with Gasteiger partial charge in [0.1, 0.15) is 5.52 Å². The summed E-state index contributed by atoms with van der Waals surface area (Å²) < 4.78 is 6.16. The Bertz CT molecular complexity index is 888. The number of carbonyl (C=O) groups excluding carboxylic acids is 1. The van der Waals surface area contributed by atoms with Gasteiger partial charge in [0.25, 0.3) is 5.56 Å². The van der Waals surface area contributed by atoms with E-state index < -0.39 is 5.97 Å². The van der Waals surface area contributed by atoms with E-state index in [2.05, 4.69) is 10.3 Å². The average molecular weight is 295 g/mol. The zero-order valence-electron chi connectivity index (χ0n) is 11.9. The normalized spacial score (nSPS) is 10.6. The van der Waals surface area contributed by atoms with E-state index in [4.69, 9.17) is 4.74 Å². The summed E-state index contributed by atoms with van der Waals surface area (Å²) in [7, 11) is 0. The molecule has 0 N–H and O–H groups in total. The van der Waals surface area contributed by atoms with Crippen LogP contribution < -0.4 is 5.56 Å². The fraction of sp³-hybridized carbons (Fsp3) is 0.125. The molecule has 0 atom stereocenters. The lowest BCUT2D eigenvalue weighted by Crippen LogP contribution is -2.22. The van der Waals surface area contributed by atoms with Gasteiger partial charge in [0, 0.05) is 0 Å². The van der Waals surface area contributed by atoms with Crippen LogP contribution in [0.5, 0.6) is 0 Å². The summed E-state index contributed by atoms with van der Waals surface area (Å²) in [6, 6.07) is 13.7. The molecule has 0 unspecified atom stereocenters. The summed E-state index contributed by atoms with van der Waals surface area (Å²) in [6.07, 6.45) is 0. The summed E-state index contributed by atoms with van der Waals surface area (Å²) in [6.45, 7) is 2.02. The van der Waals surface area contributed by atoms with Gasteiger partial charge in [-0.05, 0) is 37.3 Å². The largest absolute Gasteiger partial charge is 0.462 e. The lowest BCUT2D eigenvalue weighted by molar-refractivity contribution is 0.0526. The predicted octanol–water partition coefficient (Wildman–Crippen LogP) is 1.96. The highest BCUT2D eigenvalue weighted by Gasteiger charge is 2.11. The van der Waals surface area contributed by atoms with Crippen molar-refractivity contribution in [3.05, 3.63) is 64.4 Å². The maximum absolute atomic E-state index is 12.5. The van der Waals surface area contributed by atoms with Gasteiger partial charge in [0.05, 0.1) is 23.2 Å². The fourth-order valence-corrected chi connectivity index (χ4v) is 2.12. The molecule has 0 saturated heterocycles. The van der Waals surface area contributed by atoms with Crippen LogP contribution in [0.1, 0.15) is 17.3 Å². The first-order valence-electron chi connectivity index (χ1n) is 6.83. The van der Waals surface area contributed by atoms with Gasteiger partial charge in [0.15, 0.2) is 0 Å². The van der Waals surface area contributed by atoms with Crippen molar-refractivity contribution in [1.82, 2.24) is 15.0 Å². The highest BCUT2D eigenvalue weighted by molar-refractivity contribution is 5.93. The van der Waals surface area contributed by atoms with Crippen LogP contribution in [0, 0.1) is 0 Å². The van der Waals surface area contributed by atoms with Crippen LogP contribution in [0.15, 0.2) is 53.3 Å². The molecule has 1 heterocycles. The van der Waals surface area contributed by atoms with Crippen molar-refractivity contribution in [3.8, 4) is 5.69 Å². The molecule has 0 radical (unpaired) electrons. The molecule has 3 aromatic rings. The van der Waals surface area contributed by atoms with Crippen molar-refractivity contribution in [3.63, 3.8) is 0 Å². The molecule has 110 valence electrons. The number of para-hydroxylation sites is 1. The van der Waals surface area contributed by atoms with E-state index in [0.29, 0.717) is 22.2 Å². The number of ether oxygens (including phenoxy) is 1. The molecule has 0 aliphatic carbocycles. The van der Waals surface area contributed by atoms with Crippen molar-refractivity contribution >= 4 is 16.9 Å². The van der Waals surface area contributed by atoms with Crippen LogP contribution in [0.25, 0.3) is 16.6 Å². The van der Waals surface area contributed by atoms with Crippen LogP contribution in [-0.2, 0) is 4.74 Å². The minimum absolute atomic E-state index is 0.286. The molecule has 0 aliphatic heterocycles. The average Bonchev–Trinajstić information content (AvgIpc) is 2.56. The lowest BCUT2D eigenvalue weighted by atomic mass is 10.1. The number of benzene rings is 2. The molecular formula is C16H13N3O3. The number of rotatable bonds is 3. The van der Waals surface area contributed by atoms with Crippen LogP contribution in [0.3, 0.4) is 0 Å². The molecule has 6 nitrogen and oxygen atoms in total. The standard InChI is InChI=1S/C16H13N3O3/c1-2-22-16(21)11-8-9-13-14(10-11)17-18-19(15(13)20)12-6-4-3-5-7-12/h3-10H,2H2,1H3. The molecular weight excluding hydrogens is 282 g/mol. The van der Waals surface area contributed by atoms with Gasteiger partial charge < -0.3 is 4.74 Å². The molecule has 0 fully saturated rings. The number of carbonyl (C=O) groups is 1. The van der Waals surface area contributed by atoms with Gasteiger partial charge in [0.2, 0.25) is 0 Å².